The first-order valence-corrected chi connectivity index (χ1v) is 11.9. The van der Waals surface area contributed by atoms with Crippen molar-refractivity contribution in [2.24, 2.45) is 5.92 Å². The highest BCUT2D eigenvalue weighted by Crippen LogP contribution is 2.23. The molecule has 0 N–H and O–H groups in total. The summed E-state index contributed by atoms with van der Waals surface area (Å²) in [5.74, 6) is 0.137. The van der Waals surface area contributed by atoms with Crippen LogP contribution in [0.1, 0.15) is 124 Å². The number of hydrogen-bond donors (Lipinski definition) is 0. The van der Waals surface area contributed by atoms with Gasteiger partial charge in [0, 0.05) is 0 Å². The number of halogens is 1. The van der Waals surface area contributed by atoms with E-state index in [0.717, 1.165) is 32.1 Å². The summed E-state index contributed by atoms with van der Waals surface area (Å²) >= 11 is 3.54. The Morgan fingerprint density at radius 3 is 1.64 bits per heavy atom. The molecule has 0 amide bonds. The van der Waals surface area contributed by atoms with Gasteiger partial charge in [-0.1, -0.05) is 97.8 Å². The van der Waals surface area contributed by atoms with Crippen LogP contribution in [-0.4, -0.2) is 11.0 Å². The Morgan fingerprint density at radius 2 is 1.08 bits per heavy atom. The zero-order valence-electron chi connectivity index (χ0n) is 17.2. The lowest BCUT2D eigenvalue weighted by molar-refractivity contribution is -0.150. The van der Waals surface area contributed by atoms with Crippen LogP contribution in [0.3, 0.4) is 0 Å². The van der Waals surface area contributed by atoms with E-state index in [4.69, 9.17) is 4.74 Å². The molecule has 0 radical (unpaired) electrons. The Kier molecular flexibility index (Phi) is 18.7. The molecule has 3 heteroatoms. The number of hydrogen-bond acceptors (Lipinski definition) is 2. The molecule has 150 valence electrons. The molecule has 0 heterocycles. The monoisotopic (exact) mass is 418 g/mol. The quantitative estimate of drug-likeness (QED) is 0.127. The lowest BCUT2D eigenvalue weighted by Crippen LogP contribution is -2.21. The molecule has 0 aliphatic carbocycles. The molecule has 0 aromatic rings. The highest BCUT2D eigenvalue weighted by molar-refractivity contribution is 9.09. The Labute approximate surface area is 166 Å². The first-order valence-electron chi connectivity index (χ1n) is 11.0. The summed E-state index contributed by atoms with van der Waals surface area (Å²) in [6.45, 7) is 6.68. The smallest absolute Gasteiger partial charge is 0.310 e. The first kappa shape index (κ1) is 24.9. The molecule has 0 aromatic carbocycles. The van der Waals surface area contributed by atoms with Gasteiger partial charge in [0.15, 0.2) is 5.01 Å². The average molecular weight is 419 g/mol. The van der Waals surface area contributed by atoms with Crippen molar-refractivity contribution in [3.63, 3.8) is 0 Å². The Hall–Kier alpha value is -0.0500. The molecule has 0 aromatic heterocycles. The summed E-state index contributed by atoms with van der Waals surface area (Å²) in [5.41, 5.74) is 0. The number of esters is 1. The summed E-state index contributed by atoms with van der Waals surface area (Å²) in [6, 6.07) is 0. The maximum absolute atomic E-state index is 12.6. The largest absolute Gasteiger partial charge is 0.451 e. The van der Waals surface area contributed by atoms with E-state index in [2.05, 4.69) is 36.7 Å². The Balaban J connectivity index is 4.17. The van der Waals surface area contributed by atoms with Crippen molar-refractivity contribution >= 4 is 21.9 Å². The number of carbonyl (C=O) groups is 1. The third-order valence-corrected chi connectivity index (χ3v) is 5.57. The minimum absolute atomic E-state index is 0.0310. The van der Waals surface area contributed by atoms with Crippen molar-refractivity contribution < 1.29 is 9.53 Å². The summed E-state index contributed by atoms with van der Waals surface area (Å²) in [5, 5.41) is -0.103. The molecule has 0 aliphatic heterocycles. The fraction of sp³-hybridized carbons (Fsp3) is 0.955. The summed E-state index contributed by atoms with van der Waals surface area (Å²) in [7, 11) is 0. The van der Waals surface area contributed by atoms with Crippen LogP contribution in [0.15, 0.2) is 0 Å². The third kappa shape index (κ3) is 15.9. The standard InChI is InChI=1S/C22H43BrO2/c1-4-7-10-12-13-16-18-20(17-15-11-8-5-2)22(24)25-21(23)19-14-9-6-3/h20-21H,4-19H2,1-3H3. The second-order valence-corrected chi connectivity index (χ2v) is 8.47. The van der Waals surface area contributed by atoms with Crippen molar-refractivity contribution in [3.8, 4) is 0 Å². The summed E-state index contributed by atoms with van der Waals surface area (Å²) in [4.78, 5) is 12.6. The zero-order chi connectivity index (χ0) is 18.8. The molecule has 2 unspecified atom stereocenters. The SMILES string of the molecule is CCCCCCCCC(CCCCCC)C(=O)OC(Br)CCCCC. The highest BCUT2D eigenvalue weighted by atomic mass is 79.9. The minimum Gasteiger partial charge on any atom is -0.451 e. The Morgan fingerprint density at radius 1 is 0.680 bits per heavy atom. The van der Waals surface area contributed by atoms with Crippen LogP contribution in [0.5, 0.6) is 0 Å². The molecule has 2 atom stereocenters. The molecular weight excluding hydrogens is 376 g/mol. The van der Waals surface area contributed by atoms with E-state index < -0.39 is 0 Å². The first-order chi connectivity index (χ1) is 12.2. The highest BCUT2D eigenvalue weighted by Gasteiger charge is 2.21. The molecule has 0 aliphatic rings. The Bertz CT molecular complexity index is 294. The fourth-order valence-corrected chi connectivity index (χ4v) is 3.71. The molecule has 25 heavy (non-hydrogen) atoms. The zero-order valence-corrected chi connectivity index (χ0v) is 18.7. The maximum Gasteiger partial charge on any atom is 0.310 e. The normalized spacial score (nSPS) is 13.6. The van der Waals surface area contributed by atoms with Gasteiger partial charge in [-0.25, -0.2) is 0 Å². The third-order valence-electron chi connectivity index (χ3n) is 4.92. The van der Waals surface area contributed by atoms with Crippen LogP contribution >= 0.6 is 15.9 Å². The summed E-state index contributed by atoms with van der Waals surface area (Å²) < 4.78 is 5.69. The van der Waals surface area contributed by atoms with Gasteiger partial charge in [0.2, 0.25) is 0 Å². The predicted octanol–water partition coefficient (Wildman–Crippen LogP) is 8.17. The van der Waals surface area contributed by atoms with Gasteiger partial charge in [-0.15, -0.1) is 0 Å². The number of unbranched alkanes of at least 4 members (excludes halogenated alkanes) is 10. The van der Waals surface area contributed by atoms with Crippen molar-refractivity contribution in [2.45, 2.75) is 129 Å². The molecular formula is C22H43BrO2. The van der Waals surface area contributed by atoms with Crippen LogP contribution in [0.2, 0.25) is 0 Å². The topological polar surface area (TPSA) is 26.3 Å². The van der Waals surface area contributed by atoms with Crippen LogP contribution in [0.4, 0.5) is 0 Å². The van der Waals surface area contributed by atoms with E-state index in [-0.39, 0.29) is 16.9 Å². The van der Waals surface area contributed by atoms with Gasteiger partial charge in [0.1, 0.15) is 0 Å². The van der Waals surface area contributed by atoms with E-state index in [9.17, 15) is 4.79 Å². The molecule has 2 nitrogen and oxygen atoms in total. The lowest BCUT2D eigenvalue weighted by Gasteiger charge is -2.19. The fourth-order valence-electron chi connectivity index (χ4n) is 3.20. The van der Waals surface area contributed by atoms with E-state index in [1.54, 1.807) is 0 Å². The second kappa shape index (κ2) is 18.7. The maximum atomic E-state index is 12.6. The van der Waals surface area contributed by atoms with Gasteiger partial charge in [0.05, 0.1) is 5.92 Å². The van der Waals surface area contributed by atoms with Crippen molar-refractivity contribution in [1.29, 1.82) is 0 Å². The number of carbonyl (C=O) groups excluding carboxylic acids is 1. The summed E-state index contributed by atoms with van der Waals surface area (Å²) in [6.07, 6.45) is 19.1. The van der Waals surface area contributed by atoms with Gasteiger partial charge < -0.3 is 4.74 Å². The van der Waals surface area contributed by atoms with Crippen molar-refractivity contribution in [2.75, 3.05) is 0 Å². The van der Waals surface area contributed by atoms with E-state index in [0.29, 0.717) is 0 Å². The van der Waals surface area contributed by atoms with E-state index in [1.807, 2.05) is 0 Å². The van der Waals surface area contributed by atoms with E-state index >= 15 is 0 Å². The number of rotatable bonds is 18. The molecule has 0 saturated heterocycles. The van der Waals surface area contributed by atoms with Crippen LogP contribution in [0.25, 0.3) is 0 Å². The number of ether oxygens (including phenoxy) is 1. The van der Waals surface area contributed by atoms with Crippen LogP contribution in [0, 0.1) is 5.92 Å². The molecule has 0 saturated carbocycles. The van der Waals surface area contributed by atoms with Gasteiger partial charge in [0.25, 0.3) is 0 Å². The van der Waals surface area contributed by atoms with Crippen molar-refractivity contribution in [1.82, 2.24) is 0 Å². The van der Waals surface area contributed by atoms with Gasteiger partial charge >= 0.3 is 5.97 Å². The van der Waals surface area contributed by atoms with Crippen molar-refractivity contribution in [3.05, 3.63) is 0 Å². The van der Waals surface area contributed by atoms with Crippen LogP contribution < -0.4 is 0 Å². The second-order valence-electron chi connectivity index (χ2n) is 7.45. The van der Waals surface area contributed by atoms with Gasteiger partial charge in [-0.3, -0.25) is 4.79 Å². The molecule has 0 spiro atoms. The molecule has 0 bridgehead atoms. The van der Waals surface area contributed by atoms with Gasteiger partial charge in [-0.05, 0) is 41.6 Å². The average Bonchev–Trinajstić information content (AvgIpc) is 2.59. The minimum atomic E-state index is -0.103. The van der Waals surface area contributed by atoms with E-state index in [1.165, 1.54) is 70.6 Å². The van der Waals surface area contributed by atoms with Crippen LogP contribution in [-0.2, 0) is 9.53 Å². The molecule has 0 rings (SSSR count). The van der Waals surface area contributed by atoms with Gasteiger partial charge in [-0.2, -0.15) is 0 Å². The number of alkyl halides is 1. The predicted molar refractivity (Wildman–Crippen MR) is 113 cm³/mol. The lowest BCUT2D eigenvalue weighted by atomic mass is 9.94. The molecule has 0 fully saturated rings.